The standard InChI is InChI=1S/C9H12O2.C9H14O/c10-8-4-2-1-3-6-5-7(6)9(8)11;10-9-4-2-1-3-7-5-8(7)6-9/h6-7H,1-5H2;7-8H,1-6H2. The van der Waals surface area contributed by atoms with E-state index in [1.54, 1.807) is 0 Å². The number of fused-ring (bicyclic) bond motifs is 2. The van der Waals surface area contributed by atoms with Gasteiger partial charge < -0.3 is 0 Å². The summed E-state index contributed by atoms with van der Waals surface area (Å²) in [6, 6.07) is 0. The molecular formula is C18H26O3. The second kappa shape index (κ2) is 6.41. The normalized spacial score (nSPS) is 38.6. The summed E-state index contributed by atoms with van der Waals surface area (Å²) in [5.74, 6) is 2.81. The summed E-state index contributed by atoms with van der Waals surface area (Å²) < 4.78 is 0. The Kier molecular flexibility index (Phi) is 4.56. The first-order valence-corrected chi connectivity index (χ1v) is 8.74. The van der Waals surface area contributed by atoms with Crippen LogP contribution in [0.25, 0.3) is 0 Å². The van der Waals surface area contributed by atoms with Gasteiger partial charge in [-0.15, -0.1) is 0 Å². The highest BCUT2D eigenvalue weighted by molar-refractivity contribution is 6.38. The fraction of sp³-hybridized carbons (Fsp3) is 0.833. The first-order valence-electron chi connectivity index (χ1n) is 8.74. The fourth-order valence-electron chi connectivity index (χ4n) is 3.95. The minimum absolute atomic E-state index is 0.0744. The van der Waals surface area contributed by atoms with Crippen molar-refractivity contribution in [3.05, 3.63) is 0 Å². The van der Waals surface area contributed by atoms with Crippen LogP contribution in [-0.4, -0.2) is 17.3 Å². The zero-order valence-electron chi connectivity index (χ0n) is 12.8. The van der Waals surface area contributed by atoms with Crippen LogP contribution in [0.5, 0.6) is 0 Å². The minimum atomic E-state index is -0.114. The maximum absolute atomic E-state index is 11.2. The highest BCUT2D eigenvalue weighted by atomic mass is 16.2. The molecule has 3 nitrogen and oxygen atoms in total. The van der Waals surface area contributed by atoms with Crippen LogP contribution in [0.3, 0.4) is 0 Å². The Morgan fingerprint density at radius 2 is 1.43 bits per heavy atom. The van der Waals surface area contributed by atoms with E-state index in [1.807, 2.05) is 0 Å². The zero-order chi connectivity index (χ0) is 14.8. The molecule has 4 unspecified atom stereocenters. The predicted octanol–water partition coefficient (Wildman–Crippen LogP) is 3.49. The largest absolute Gasteiger partial charge is 0.300 e. The predicted molar refractivity (Wildman–Crippen MR) is 79.8 cm³/mol. The molecule has 4 saturated carbocycles. The van der Waals surface area contributed by atoms with E-state index < -0.39 is 0 Å². The van der Waals surface area contributed by atoms with E-state index >= 15 is 0 Å². The van der Waals surface area contributed by atoms with Gasteiger partial charge in [0.1, 0.15) is 5.78 Å². The monoisotopic (exact) mass is 290 g/mol. The second-order valence-corrected chi connectivity index (χ2v) is 7.38. The van der Waals surface area contributed by atoms with Crippen LogP contribution in [0.15, 0.2) is 0 Å². The maximum atomic E-state index is 11.2. The number of rotatable bonds is 0. The first-order chi connectivity index (χ1) is 10.1. The van der Waals surface area contributed by atoms with Gasteiger partial charge in [-0.1, -0.05) is 19.3 Å². The van der Waals surface area contributed by atoms with Gasteiger partial charge in [-0.25, -0.2) is 0 Å². The lowest BCUT2D eigenvalue weighted by Gasteiger charge is -2.04. The number of Topliss-reactive ketones (excluding diaryl/α,β-unsaturated/α-hetero) is 3. The van der Waals surface area contributed by atoms with Gasteiger partial charge >= 0.3 is 0 Å². The van der Waals surface area contributed by atoms with Gasteiger partial charge in [0.05, 0.1) is 0 Å². The Balaban J connectivity index is 0.000000126. The molecule has 0 aromatic carbocycles. The van der Waals surface area contributed by atoms with Crippen LogP contribution in [0, 0.1) is 23.7 Å². The summed E-state index contributed by atoms with van der Waals surface area (Å²) >= 11 is 0. The topological polar surface area (TPSA) is 51.2 Å². The number of ketones is 3. The van der Waals surface area contributed by atoms with Crippen LogP contribution >= 0.6 is 0 Å². The van der Waals surface area contributed by atoms with Crippen LogP contribution in [0.2, 0.25) is 0 Å². The van der Waals surface area contributed by atoms with E-state index in [0.717, 1.165) is 50.4 Å². The van der Waals surface area contributed by atoms with E-state index in [0.29, 0.717) is 18.1 Å². The molecule has 0 aromatic heterocycles. The van der Waals surface area contributed by atoms with Crippen molar-refractivity contribution < 1.29 is 14.4 Å². The summed E-state index contributed by atoms with van der Waals surface area (Å²) in [4.78, 5) is 33.3. The lowest BCUT2D eigenvalue weighted by atomic mass is 9.99. The van der Waals surface area contributed by atoms with Crippen molar-refractivity contribution in [3.63, 3.8) is 0 Å². The Bertz CT molecular complexity index is 440. The van der Waals surface area contributed by atoms with Crippen molar-refractivity contribution in [2.45, 2.75) is 70.6 Å². The fourth-order valence-corrected chi connectivity index (χ4v) is 3.95. The number of carbonyl (C=O) groups excluding carboxylic acids is 3. The number of carbonyl (C=O) groups is 3. The molecule has 4 aliphatic rings. The molecule has 0 saturated heterocycles. The number of hydrogen-bond acceptors (Lipinski definition) is 3. The molecule has 0 amide bonds. The summed E-state index contributed by atoms with van der Waals surface area (Å²) in [5, 5.41) is 0. The van der Waals surface area contributed by atoms with Crippen LogP contribution in [-0.2, 0) is 14.4 Å². The summed E-state index contributed by atoms with van der Waals surface area (Å²) in [7, 11) is 0. The molecular weight excluding hydrogens is 264 g/mol. The molecule has 0 aliphatic heterocycles. The third kappa shape index (κ3) is 4.02. The van der Waals surface area contributed by atoms with Gasteiger partial charge in [0.2, 0.25) is 5.78 Å². The molecule has 21 heavy (non-hydrogen) atoms. The van der Waals surface area contributed by atoms with E-state index in [4.69, 9.17) is 0 Å². The van der Waals surface area contributed by atoms with E-state index in [9.17, 15) is 14.4 Å². The second-order valence-electron chi connectivity index (χ2n) is 7.38. The summed E-state index contributed by atoms with van der Waals surface area (Å²) in [6.45, 7) is 0. The maximum Gasteiger partial charge on any atom is 0.201 e. The SMILES string of the molecule is O=C1CCCCC2CC2C1.O=C1CCCCC2CC2C1=O. The lowest BCUT2D eigenvalue weighted by Crippen LogP contribution is -2.18. The van der Waals surface area contributed by atoms with Crippen molar-refractivity contribution in [1.29, 1.82) is 0 Å². The molecule has 3 heteroatoms. The highest BCUT2D eigenvalue weighted by Gasteiger charge is 2.45. The van der Waals surface area contributed by atoms with Gasteiger partial charge in [-0.2, -0.15) is 0 Å². The van der Waals surface area contributed by atoms with Crippen molar-refractivity contribution in [2.75, 3.05) is 0 Å². The van der Waals surface area contributed by atoms with E-state index in [1.165, 1.54) is 25.7 Å². The molecule has 4 aliphatic carbocycles. The molecule has 4 fully saturated rings. The quantitative estimate of drug-likeness (QED) is 0.642. The van der Waals surface area contributed by atoms with E-state index in [2.05, 4.69) is 0 Å². The Labute approximate surface area is 126 Å². The van der Waals surface area contributed by atoms with Crippen LogP contribution in [0.1, 0.15) is 70.6 Å². The third-order valence-corrected chi connectivity index (χ3v) is 5.60. The van der Waals surface area contributed by atoms with Gasteiger partial charge in [-0.05, 0) is 49.9 Å². The smallest absolute Gasteiger partial charge is 0.201 e. The third-order valence-electron chi connectivity index (χ3n) is 5.60. The zero-order valence-corrected chi connectivity index (χ0v) is 12.8. The van der Waals surface area contributed by atoms with Gasteiger partial charge in [0.25, 0.3) is 0 Å². The lowest BCUT2D eigenvalue weighted by molar-refractivity contribution is -0.137. The molecule has 0 bridgehead atoms. The molecule has 0 spiro atoms. The molecule has 4 rings (SSSR count). The molecule has 0 aromatic rings. The molecule has 0 N–H and O–H groups in total. The summed E-state index contributed by atoms with van der Waals surface area (Å²) in [6.07, 6.45) is 11.7. The average Bonchev–Trinajstić information content (AvgIpc) is 3.34. The van der Waals surface area contributed by atoms with Gasteiger partial charge in [0.15, 0.2) is 5.78 Å². The van der Waals surface area contributed by atoms with Crippen LogP contribution < -0.4 is 0 Å². The van der Waals surface area contributed by atoms with Crippen molar-refractivity contribution in [3.8, 4) is 0 Å². The number of hydrogen-bond donors (Lipinski definition) is 0. The Morgan fingerprint density at radius 3 is 2.24 bits per heavy atom. The molecule has 116 valence electrons. The first kappa shape index (κ1) is 14.9. The van der Waals surface area contributed by atoms with Crippen LogP contribution in [0.4, 0.5) is 0 Å². The Hall–Kier alpha value is -0.990. The molecule has 0 radical (unpaired) electrons. The van der Waals surface area contributed by atoms with Crippen molar-refractivity contribution in [2.24, 2.45) is 23.7 Å². The molecule has 0 heterocycles. The highest BCUT2D eigenvalue weighted by Crippen LogP contribution is 2.46. The van der Waals surface area contributed by atoms with Gasteiger partial charge in [-0.3, -0.25) is 14.4 Å². The minimum Gasteiger partial charge on any atom is -0.300 e. The Morgan fingerprint density at radius 1 is 0.714 bits per heavy atom. The average molecular weight is 290 g/mol. The van der Waals surface area contributed by atoms with E-state index in [-0.39, 0.29) is 17.5 Å². The van der Waals surface area contributed by atoms with Gasteiger partial charge in [0, 0.05) is 25.2 Å². The van der Waals surface area contributed by atoms with Crippen molar-refractivity contribution >= 4 is 17.3 Å². The summed E-state index contributed by atoms with van der Waals surface area (Å²) in [5.41, 5.74) is 0. The van der Waals surface area contributed by atoms with Crippen molar-refractivity contribution in [1.82, 2.24) is 0 Å². The molecule has 4 atom stereocenters.